The van der Waals surface area contributed by atoms with Gasteiger partial charge in [-0.3, -0.25) is 4.79 Å². The molecule has 0 spiro atoms. The van der Waals surface area contributed by atoms with Gasteiger partial charge in [-0.15, -0.1) is 0 Å². The summed E-state index contributed by atoms with van der Waals surface area (Å²) in [7, 11) is 0. The molecular weight excluding hydrogens is 359 g/mol. The molecule has 142 valence electrons. The summed E-state index contributed by atoms with van der Waals surface area (Å²) < 4.78 is 31.9. The number of halogens is 1. The Labute approximate surface area is 155 Å². The Hall–Kier alpha value is -1.93. The van der Waals surface area contributed by atoms with Gasteiger partial charge in [-0.2, -0.15) is 0 Å². The van der Waals surface area contributed by atoms with Crippen molar-refractivity contribution < 1.29 is 23.4 Å². The van der Waals surface area contributed by atoms with Gasteiger partial charge in [0.15, 0.2) is 11.6 Å². The zero-order chi connectivity index (χ0) is 18.7. The second kappa shape index (κ2) is 8.18. The molecule has 2 aromatic rings. The standard InChI is InChI=1S/C18H23FN2O4S/c1-4-23-18-21-14-5-6-15(16(19)17(14)26-18)25-13-7-12(8-13)24-9-10(2)20-11(3)22/h5-6,10,12-13H,4,7-9H2,1-3H3,(H,20,22)/t10-,12-,13-/m0/s1. The Morgan fingerprint density at radius 3 is 2.88 bits per heavy atom. The van der Waals surface area contributed by atoms with E-state index in [9.17, 15) is 9.18 Å². The monoisotopic (exact) mass is 382 g/mol. The molecule has 3 rings (SSSR count). The predicted octanol–water partition coefficient (Wildman–Crippen LogP) is 3.29. The maximum Gasteiger partial charge on any atom is 0.274 e. The van der Waals surface area contributed by atoms with Crippen LogP contribution < -0.4 is 14.8 Å². The molecule has 1 atom stereocenters. The molecule has 1 N–H and O–H groups in total. The highest BCUT2D eigenvalue weighted by atomic mass is 32.1. The van der Waals surface area contributed by atoms with Crippen LogP contribution in [0.2, 0.25) is 0 Å². The number of rotatable bonds is 8. The molecule has 1 amide bonds. The molecule has 0 bridgehead atoms. The zero-order valence-corrected chi connectivity index (χ0v) is 15.9. The Balaban J connectivity index is 1.51. The van der Waals surface area contributed by atoms with E-state index >= 15 is 0 Å². The molecule has 1 aromatic heterocycles. The second-order valence-corrected chi connectivity index (χ2v) is 7.37. The summed E-state index contributed by atoms with van der Waals surface area (Å²) in [4.78, 5) is 15.2. The van der Waals surface area contributed by atoms with Gasteiger partial charge in [-0.05, 0) is 26.0 Å². The second-order valence-electron chi connectivity index (χ2n) is 6.41. The predicted molar refractivity (Wildman–Crippen MR) is 97.4 cm³/mol. The minimum atomic E-state index is -0.394. The fourth-order valence-electron chi connectivity index (χ4n) is 2.80. The molecule has 6 nitrogen and oxygen atoms in total. The summed E-state index contributed by atoms with van der Waals surface area (Å²) in [5, 5.41) is 3.23. The maximum absolute atomic E-state index is 14.6. The maximum atomic E-state index is 14.6. The van der Waals surface area contributed by atoms with E-state index in [0.717, 1.165) is 0 Å². The van der Waals surface area contributed by atoms with Crippen molar-refractivity contribution in [3.8, 4) is 10.9 Å². The minimum absolute atomic E-state index is 0.0295. The van der Waals surface area contributed by atoms with Gasteiger partial charge in [0.05, 0.1) is 29.5 Å². The van der Waals surface area contributed by atoms with Crippen LogP contribution in [0.25, 0.3) is 10.2 Å². The number of carbonyl (C=O) groups is 1. The lowest BCUT2D eigenvalue weighted by Crippen LogP contribution is -2.42. The molecule has 1 heterocycles. The largest absolute Gasteiger partial charge is 0.487 e. The van der Waals surface area contributed by atoms with Gasteiger partial charge in [-0.1, -0.05) is 11.3 Å². The van der Waals surface area contributed by atoms with Gasteiger partial charge in [-0.25, -0.2) is 9.37 Å². The number of fused-ring (bicyclic) bond motifs is 1. The van der Waals surface area contributed by atoms with Gasteiger partial charge in [0.1, 0.15) is 6.10 Å². The highest BCUT2D eigenvalue weighted by molar-refractivity contribution is 7.20. The molecule has 1 fully saturated rings. The first-order valence-electron chi connectivity index (χ1n) is 8.73. The molecule has 26 heavy (non-hydrogen) atoms. The van der Waals surface area contributed by atoms with Gasteiger partial charge in [0, 0.05) is 25.8 Å². The summed E-state index contributed by atoms with van der Waals surface area (Å²) in [6, 6.07) is 3.33. The molecular formula is C18H23FN2O4S. The fraction of sp³-hybridized carbons (Fsp3) is 0.556. The minimum Gasteiger partial charge on any atom is -0.487 e. The number of nitrogens with one attached hydrogen (secondary N) is 1. The van der Waals surface area contributed by atoms with Crippen LogP contribution in [0.1, 0.15) is 33.6 Å². The lowest BCUT2D eigenvalue weighted by atomic mass is 9.92. The van der Waals surface area contributed by atoms with Gasteiger partial charge in [0.2, 0.25) is 5.91 Å². The smallest absolute Gasteiger partial charge is 0.274 e. The molecule has 0 saturated heterocycles. The van der Waals surface area contributed by atoms with Gasteiger partial charge >= 0.3 is 0 Å². The Bertz CT molecular complexity index is 776. The van der Waals surface area contributed by atoms with Crippen LogP contribution >= 0.6 is 11.3 Å². The quantitative estimate of drug-likeness (QED) is 0.759. The third-order valence-corrected chi connectivity index (χ3v) is 5.06. The summed E-state index contributed by atoms with van der Waals surface area (Å²) >= 11 is 1.18. The number of benzene rings is 1. The van der Waals surface area contributed by atoms with E-state index in [-0.39, 0.29) is 29.9 Å². The number of hydrogen-bond donors (Lipinski definition) is 1. The van der Waals surface area contributed by atoms with E-state index in [1.807, 2.05) is 13.8 Å². The number of aromatic nitrogens is 1. The van der Waals surface area contributed by atoms with Crippen molar-refractivity contribution in [2.45, 2.75) is 51.9 Å². The topological polar surface area (TPSA) is 69.7 Å². The zero-order valence-electron chi connectivity index (χ0n) is 15.1. The van der Waals surface area contributed by atoms with E-state index < -0.39 is 5.82 Å². The first-order chi connectivity index (χ1) is 12.5. The molecule has 1 aliphatic carbocycles. The third kappa shape index (κ3) is 4.42. The Kier molecular flexibility index (Phi) is 5.93. The molecule has 1 aliphatic rings. The average Bonchev–Trinajstić information content (AvgIpc) is 2.94. The van der Waals surface area contributed by atoms with Crippen LogP contribution in [0.4, 0.5) is 4.39 Å². The van der Waals surface area contributed by atoms with Crippen molar-refractivity contribution in [2.75, 3.05) is 13.2 Å². The summed E-state index contributed by atoms with van der Waals surface area (Å²) in [6.45, 7) is 6.19. The van der Waals surface area contributed by atoms with Gasteiger partial charge in [0.25, 0.3) is 5.19 Å². The van der Waals surface area contributed by atoms with E-state index in [0.29, 0.717) is 41.5 Å². The van der Waals surface area contributed by atoms with Crippen molar-refractivity contribution >= 4 is 27.5 Å². The lowest BCUT2D eigenvalue weighted by molar-refractivity contribution is -0.121. The van der Waals surface area contributed by atoms with Crippen molar-refractivity contribution in [2.24, 2.45) is 0 Å². The van der Waals surface area contributed by atoms with Crippen LogP contribution in [-0.2, 0) is 9.53 Å². The van der Waals surface area contributed by atoms with Crippen molar-refractivity contribution in [3.05, 3.63) is 17.9 Å². The summed E-state index contributed by atoms with van der Waals surface area (Å²) in [6.07, 6.45) is 1.42. The van der Waals surface area contributed by atoms with E-state index in [1.165, 1.54) is 18.3 Å². The average molecular weight is 382 g/mol. The highest BCUT2D eigenvalue weighted by Crippen LogP contribution is 2.36. The molecule has 8 heteroatoms. The molecule has 1 aromatic carbocycles. The van der Waals surface area contributed by atoms with Crippen LogP contribution in [0, 0.1) is 5.82 Å². The van der Waals surface area contributed by atoms with Crippen molar-refractivity contribution in [1.29, 1.82) is 0 Å². The number of nitrogens with zero attached hydrogens (tertiary/aromatic N) is 1. The van der Waals surface area contributed by atoms with Crippen LogP contribution in [0.15, 0.2) is 12.1 Å². The Morgan fingerprint density at radius 2 is 2.19 bits per heavy atom. The highest BCUT2D eigenvalue weighted by Gasteiger charge is 2.33. The fourth-order valence-corrected chi connectivity index (χ4v) is 3.70. The molecule has 0 unspecified atom stereocenters. The number of carbonyl (C=O) groups excluding carboxylic acids is 1. The van der Waals surface area contributed by atoms with E-state index in [2.05, 4.69) is 10.3 Å². The van der Waals surface area contributed by atoms with Gasteiger partial charge < -0.3 is 19.5 Å². The number of amides is 1. The normalized spacial score (nSPS) is 20.5. The first kappa shape index (κ1) is 18.8. The number of ether oxygens (including phenoxy) is 3. The van der Waals surface area contributed by atoms with E-state index in [1.54, 1.807) is 12.1 Å². The van der Waals surface area contributed by atoms with Crippen molar-refractivity contribution in [3.63, 3.8) is 0 Å². The summed E-state index contributed by atoms with van der Waals surface area (Å²) in [5.41, 5.74) is 0.574. The Morgan fingerprint density at radius 1 is 1.42 bits per heavy atom. The SMILES string of the molecule is CCOc1nc2ccc(O[C@H]3C[C@H](OC[C@H](C)NC(C)=O)C3)c(F)c2s1. The number of thiazole rings is 1. The first-order valence-corrected chi connectivity index (χ1v) is 9.55. The molecule has 0 aliphatic heterocycles. The molecule has 1 saturated carbocycles. The van der Waals surface area contributed by atoms with Crippen molar-refractivity contribution in [1.82, 2.24) is 10.3 Å². The van der Waals surface area contributed by atoms with E-state index in [4.69, 9.17) is 14.2 Å². The summed E-state index contributed by atoms with van der Waals surface area (Å²) in [5.74, 6) is -0.230. The molecule has 0 radical (unpaired) electrons. The third-order valence-electron chi connectivity index (χ3n) is 4.09. The number of hydrogen-bond acceptors (Lipinski definition) is 6. The van der Waals surface area contributed by atoms with Crippen LogP contribution in [-0.4, -0.2) is 42.4 Å². The lowest BCUT2D eigenvalue weighted by Gasteiger charge is -2.35. The van der Waals surface area contributed by atoms with Crippen LogP contribution in [0.5, 0.6) is 10.9 Å². The van der Waals surface area contributed by atoms with Crippen LogP contribution in [0.3, 0.4) is 0 Å².